The van der Waals surface area contributed by atoms with Gasteiger partial charge in [-0.25, -0.2) is 19.9 Å². The van der Waals surface area contributed by atoms with E-state index < -0.39 is 0 Å². The molecule has 3 heterocycles. The molecular weight excluding hydrogens is 703 g/mol. The lowest BCUT2D eigenvalue weighted by atomic mass is 9.91. The summed E-state index contributed by atoms with van der Waals surface area (Å²) in [6, 6.07) is 67.2. The summed E-state index contributed by atoms with van der Waals surface area (Å²) in [5.41, 5.74) is 11.3. The van der Waals surface area contributed by atoms with Gasteiger partial charge >= 0.3 is 0 Å². The highest BCUT2D eigenvalue weighted by Gasteiger charge is 2.29. The van der Waals surface area contributed by atoms with Gasteiger partial charge in [0.15, 0.2) is 17.5 Å². The van der Waals surface area contributed by atoms with Crippen molar-refractivity contribution in [3.05, 3.63) is 200 Å². The van der Waals surface area contributed by atoms with Crippen LogP contribution in [0.5, 0.6) is 0 Å². The molecule has 2 aromatic heterocycles. The van der Waals surface area contributed by atoms with Gasteiger partial charge in [0.05, 0.1) is 16.9 Å². The normalized spacial score (nSPS) is 11.8. The van der Waals surface area contributed by atoms with Crippen LogP contribution in [0.3, 0.4) is 0 Å². The predicted octanol–water partition coefficient (Wildman–Crippen LogP) is 13.2. The molecule has 7 aromatic carbocycles. The van der Waals surface area contributed by atoms with Crippen LogP contribution in [0.1, 0.15) is 0 Å². The standard InChI is InChI=1S/C50H33N5S/c1-5-17-34(18-6-1)40-30-29-38(31-41(40)35-19-7-2-8-20-35)39-32-42(49-53-47(36-21-9-3-10-22-36)52-48(54-49)37-23-11-4-12-24-37)50(51-33-39)55-43-25-13-15-27-45(43)56-46-28-16-14-26-44(46)55/h1-33H. The predicted molar refractivity (Wildman–Crippen MR) is 229 cm³/mol. The number of rotatable bonds is 7. The number of hydrogen-bond acceptors (Lipinski definition) is 6. The maximum Gasteiger partial charge on any atom is 0.167 e. The largest absolute Gasteiger partial charge is 0.292 e. The van der Waals surface area contributed by atoms with Gasteiger partial charge in [-0.3, -0.25) is 4.90 Å². The van der Waals surface area contributed by atoms with Crippen molar-refractivity contribution in [2.75, 3.05) is 4.90 Å². The van der Waals surface area contributed by atoms with Gasteiger partial charge in [0.1, 0.15) is 5.82 Å². The minimum absolute atomic E-state index is 0.541. The molecule has 0 atom stereocenters. The lowest BCUT2D eigenvalue weighted by molar-refractivity contribution is 1.06. The Balaban J connectivity index is 1.23. The van der Waals surface area contributed by atoms with Crippen LogP contribution in [-0.2, 0) is 0 Å². The zero-order valence-electron chi connectivity index (χ0n) is 30.2. The zero-order valence-corrected chi connectivity index (χ0v) is 31.0. The Labute approximate surface area is 330 Å². The molecule has 10 rings (SSSR count). The quantitative estimate of drug-likeness (QED) is 0.162. The molecule has 0 radical (unpaired) electrons. The Morgan fingerprint density at radius 3 is 1.34 bits per heavy atom. The van der Waals surface area contributed by atoms with Crippen LogP contribution in [0.25, 0.3) is 67.5 Å². The summed E-state index contributed by atoms with van der Waals surface area (Å²) < 4.78 is 0. The average molecular weight is 736 g/mol. The molecule has 9 aromatic rings. The van der Waals surface area contributed by atoms with Crippen molar-refractivity contribution in [2.24, 2.45) is 0 Å². The molecule has 0 amide bonds. The SMILES string of the molecule is c1ccc(-c2nc(-c3ccccc3)nc(-c3cc(-c4ccc(-c5ccccc5)c(-c5ccccc5)c4)cnc3N3c4ccccc4Sc4ccccc43)n2)cc1. The van der Waals surface area contributed by atoms with E-state index in [4.69, 9.17) is 19.9 Å². The van der Waals surface area contributed by atoms with E-state index in [1.165, 1.54) is 11.1 Å². The Morgan fingerprint density at radius 1 is 0.339 bits per heavy atom. The molecule has 1 aliphatic rings. The van der Waals surface area contributed by atoms with Crippen LogP contribution in [-0.4, -0.2) is 19.9 Å². The van der Waals surface area contributed by atoms with Crippen LogP contribution < -0.4 is 4.90 Å². The first-order chi connectivity index (χ1) is 27.8. The monoisotopic (exact) mass is 735 g/mol. The van der Waals surface area contributed by atoms with E-state index in [1.54, 1.807) is 11.8 Å². The summed E-state index contributed by atoms with van der Waals surface area (Å²) in [4.78, 5) is 25.4. The second kappa shape index (κ2) is 14.6. The highest BCUT2D eigenvalue weighted by molar-refractivity contribution is 7.99. The van der Waals surface area contributed by atoms with Crippen LogP contribution in [0.2, 0.25) is 0 Å². The van der Waals surface area contributed by atoms with Crippen molar-refractivity contribution in [1.82, 2.24) is 19.9 Å². The van der Waals surface area contributed by atoms with Crippen LogP contribution in [0, 0.1) is 0 Å². The number of nitrogens with zero attached hydrogens (tertiary/aromatic N) is 5. The molecule has 6 heteroatoms. The first-order valence-electron chi connectivity index (χ1n) is 18.6. The van der Waals surface area contributed by atoms with Gasteiger partial charge in [-0.15, -0.1) is 0 Å². The summed E-state index contributed by atoms with van der Waals surface area (Å²) in [6.07, 6.45) is 1.98. The van der Waals surface area contributed by atoms with Crippen molar-refractivity contribution in [2.45, 2.75) is 9.79 Å². The molecule has 56 heavy (non-hydrogen) atoms. The van der Waals surface area contributed by atoms with Crippen molar-refractivity contribution < 1.29 is 0 Å². The minimum atomic E-state index is 0.541. The van der Waals surface area contributed by atoms with Gasteiger partial charge in [-0.1, -0.05) is 169 Å². The number of fused-ring (bicyclic) bond motifs is 2. The smallest absolute Gasteiger partial charge is 0.167 e. The minimum Gasteiger partial charge on any atom is -0.292 e. The van der Waals surface area contributed by atoms with E-state index in [1.807, 2.05) is 66.9 Å². The molecule has 264 valence electrons. The molecule has 0 N–H and O–H groups in total. The van der Waals surface area contributed by atoms with E-state index in [2.05, 4.69) is 138 Å². The molecule has 5 nitrogen and oxygen atoms in total. The summed E-state index contributed by atoms with van der Waals surface area (Å²) in [5, 5.41) is 0. The Kier molecular flexibility index (Phi) is 8.71. The number of benzene rings is 7. The molecule has 0 unspecified atom stereocenters. The molecule has 0 saturated carbocycles. The number of aromatic nitrogens is 4. The van der Waals surface area contributed by atoms with Crippen molar-refractivity contribution >= 4 is 29.0 Å². The fourth-order valence-electron chi connectivity index (χ4n) is 7.27. The molecule has 0 spiro atoms. The lowest BCUT2D eigenvalue weighted by Crippen LogP contribution is -2.17. The Bertz CT molecular complexity index is 2730. The number of pyridine rings is 1. The number of para-hydroxylation sites is 2. The third-order valence-corrected chi connectivity index (χ3v) is 11.1. The van der Waals surface area contributed by atoms with Gasteiger partial charge < -0.3 is 0 Å². The first-order valence-corrected chi connectivity index (χ1v) is 19.4. The van der Waals surface area contributed by atoms with E-state index in [0.29, 0.717) is 17.5 Å². The van der Waals surface area contributed by atoms with Crippen molar-refractivity contribution in [1.29, 1.82) is 0 Å². The van der Waals surface area contributed by atoms with Gasteiger partial charge in [0, 0.05) is 32.7 Å². The summed E-state index contributed by atoms with van der Waals surface area (Å²) >= 11 is 1.77. The second-order valence-corrected chi connectivity index (χ2v) is 14.6. The van der Waals surface area contributed by atoms with E-state index >= 15 is 0 Å². The summed E-state index contributed by atoms with van der Waals surface area (Å²) in [6.45, 7) is 0. The van der Waals surface area contributed by atoms with Crippen LogP contribution in [0.15, 0.2) is 210 Å². The van der Waals surface area contributed by atoms with Crippen molar-refractivity contribution in [3.63, 3.8) is 0 Å². The van der Waals surface area contributed by atoms with E-state index in [-0.39, 0.29) is 0 Å². The molecule has 0 aliphatic carbocycles. The Morgan fingerprint density at radius 2 is 0.786 bits per heavy atom. The molecule has 1 aliphatic heterocycles. The molecule has 0 fully saturated rings. The highest BCUT2D eigenvalue weighted by Crippen LogP contribution is 2.52. The molecule has 0 bridgehead atoms. The van der Waals surface area contributed by atoms with Gasteiger partial charge in [-0.2, -0.15) is 0 Å². The van der Waals surface area contributed by atoms with Gasteiger partial charge in [-0.05, 0) is 64.2 Å². The summed E-state index contributed by atoms with van der Waals surface area (Å²) in [7, 11) is 0. The Hall–Kier alpha value is -7.15. The summed E-state index contributed by atoms with van der Waals surface area (Å²) in [5.74, 6) is 2.47. The lowest BCUT2D eigenvalue weighted by Gasteiger charge is -2.33. The van der Waals surface area contributed by atoms with E-state index in [9.17, 15) is 0 Å². The number of anilines is 3. The second-order valence-electron chi connectivity index (χ2n) is 13.5. The molecule has 0 saturated heterocycles. The van der Waals surface area contributed by atoms with Crippen LogP contribution in [0.4, 0.5) is 17.2 Å². The number of hydrogen-bond donors (Lipinski definition) is 0. The third kappa shape index (κ3) is 6.32. The highest BCUT2D eigenvalue weighted by atomic mass is 32.2. The van der Waals surface area contributed by atoms with Crippen molar-refractivity contribution in [3.8, 4) is 67.5 Å². The molecular formula is C50H33N5S. The van der Waals surface area contributed by atoms with Crippen LogP contribution >= 0.6 is 11.8 Å². The fraction of sp³-hybridized carbons (Fsp3) is 0. The first kappa shape index (κ1) is 33.4. The topological polar surface area (TPSA) is 54.8 Å². The van der Waals surface area contributed by atoms with E-state index in [0.717, 1.165) is 65.9 Å². The third-order valence-electron chi connectivity index (χ3n) is 9.97. The van der Waals surface area contributed by atoms with Gasteiger partial charge in [0.25, 0.3) is 0 Å². The zero-order chi connectivity index (χ0) is 37.3. The van der Waals surface area contributed by atoms with Gasteiger partial charge in [0.2, 0.25) is 0 Å². The fourth-order valence-corrected chi connectivity index (χ4v) is 8.33. The average Bonchev–Trinajstić information content (AvgIpc) is 3.29. The maximum atomic E-state index is 5.36. The maximum absolute atomic E-state index is 5.36.